The predicted octanol–water partition coefficient (Wildman–Crippen LogP) is 3.78. The Morgan fingerprint density at radius 3 is 2.58 bits per heavy atom. The first-order valence-electron chi connectivity index (χ1n) is 8.31. The van der Waals surface area contributed by atoms with Crippen LogP contribution in [0.3, 0.4) is 0 Å². The van der Waals surface area contributed by atoms with Crippen molar-refractivity contribution >= 4 is 15.7 Å². The van der Waals surface area contributed by atoms with Gasteiger partial charge in [0.1, 0.15) is 5.82 Å². The van der Waals surface area contributed by atoms with Crippen LogP contribution in [-0.4, -0.2) is 19.9 Å². The number of rotatable bonds is 4. The van der Waals surface area contributed by atoms with E-state index < -0.39 is 15.8 Å². The molecule has 0 aliphatic carbocycles. The van der Waals surface area contributed by atoms with Gasteiger partial charge in [-0.05, 0) is 65.1 Å². The van der Waals surface area contributed by atoms with Gasteiger partial charge in [0.2, 0.25) is 10.0 Å². The minimum Gasteiger partial charge on any atom is -0.269 e. The fourth-order valence-corrected chi connectivity index (χ4v) is 4.90. The quantitative estimate of drug-likeness (QED) is 0.704. The van der Waals surface area contributed by atoms with E-state index in [0.717, 1.165) is 16.7 Å². The van der Waals surface area contributed by atoms with E-state index in [1.165, 1.54) is 22.5 Å². The molecule has 0 fully saturated rings. The molecule has 6 heteroatoms. The molecule has 4 nitrogen and oxygen atoms in total. The summed E-state index contributed by atoms with van der Waals surface area (Å²) in [5.41, 5.74) is 4.24. The van der Waals surface area contributed by atoms with Crippen LogP contribution in [0.2, 0.25) is 0 Å². The first kappa shape index (κ1) is 16.7. The fraction of sp³-hybridized carbons (Fsp3) is 0.150. The van der Waals surface area contributed by atoms with Crippen molar-refractivity contribution in [3.63, 3.8) is 0 Å². The fourth-order valence-electron chi connectivity index (χ4n) is 3.30. The Bertz CT molecular complexity index is 1050. The largest absolute Gasteiger partial charge is 0.269 e. The number of fused-ring (bicyclic) bond motifs is 1. The highest BCUT2D eigenvalue weighted by Crippen LogP contribution is 2.34. The third-order valence-electron chi connectivity index (χ3n) is 4.52. The SMILES string of the molecule is O=S(=O)(Cc1cccc(F)c1)N1CCc2cc(-c3ccncc3)ccc21. The molecule has 2 heterocycles. The predicted molar refractivity (Wildman–Crippen MR) is 99.7 cm³/mol. The first-order valence-corrected chi connectivity index (χ1v) is 9.92. The molecule has 0 saturated heterocycles. The van der Waals surface area contributed by atoms with Crippen molar-refractivity contribution in [1.82, 2.24) is 4.98 Å². The second-order valence-electron chi connectivity index (χ2n) is 6.29. The van der Waals surface area contributed by atoms with Crippen molar-refractivity contribution in [2.45, 2.75) is 12.2 Å². The van der Waals surface area contributed by atoms with Gasteiger partial charge in [0.25, 0.3) is 0 Å². The minimum atomic E-state index is -3.56. The maximum Gasteiger partial charge on any atom is 0.239 e. The number of hydrogen-bond acceptors (Lipinski definition) is 3. The molecule has 2 aromatic carbocycles. The van der Waals surface area contributed by atoms with Gasteiger partial charge in [-0.2, -0.15) is 0 Å². The van der Waals surface area contributed by atoms with Crippen LogP contribution in [0.5, 0.6) is 0 Å². The lowest BCUT2D eigenvalue weighted by Gasteiger charge is -2.20. The molecule has 1 aliphatic heterocycles. The van der Waals surface area contributed by atoms with Gasteiger partial charge >= 0.3 is 0 Å². The maximum atomic E-state index is 13.4. The number of aromatic nitrogens is 1. The Hall–Kier alpha value is -2.73. The molecule has 0 bridgehead atoms. The number of hydrogen-bond donors (Lipinski definition) is 0. The monoisotopic (exact) mass is 368 g/mol. The number of pyridine rings is 1. The molecule has 26 heavy (non-hydrogen) atoms. The molecule has 0 N–H and O–H groups in total. The lowest BCUT2D eigenvalue weighted by molar-refractivity contribution is 0.591. The molecule has 0 amide bonds. The van der Waals surface area contributed by atoms with E-state index in [9.17, 15) is 12.8 Å². The molecule has 1 aromatic heterocycles. The van der Waals surface area contributed by atoms with Crippen molar-refractivity contribution in [2.24, 2.45) is 0 Å². The van der Waals surface area contributed by atoms with Crippen molar-refractivity contribution in [2.75, 3.05) is 10.8 Å². The van der Waals surface area contributed by atoms with Gasteiger partial charge in [-0.25, -0.2) is 12.8 Å². The molecule has 0 spiro atoms. The third kappa shape index (κ3) is 3.20. The Labute approximate surface area is 152 Å². The summed E-state index contributed by atoms with van der Waals surface area (Å²) in [5.74, 6) is -0.641. The Morgan fingerprint density at radius 1 is 1.00 bits per heavy atom. The minimum absolute atomic E-state index is 0.212. The van der Waals surface area contributed by atoms with E-state index in [-0.39, 0.29) is 5.75 Å². The van der Waals surface area contributed by atoms with E-state index in [1.54, 1.807) is 18.5 Å². The van der Waals surface area contributed by atoms with Gasteiger partial charge in [-0.1, -0.05) is 18.2 Å². The van der Waals surface area contributed by atoms with E-state index in [2.05, 4.69) is 4.98 Å². The zero-order valence-electron chi connectivity index (χ0n) is 14.0. The van der Waals surface area contributed by atoms with E-state index in [1.807, 2.05) is 30.3 Å². The molecule has 0 atom stereocenters. The first-order chi connectivity index (χ1) is 12.5. The number of sulfonamides is 1. The maximum absolute atomic E-state index is 13.4. The summed E-state index contributed by atoms with van der Waals surface area (Å²) in [6.07, 6.45) is 4.13. The lowest BCUT2D eigenvalue weighted by atomic mass is 10.0. The van der Waals surface area contributed by atoms with E-state index >= 15 is 0 Å². The van der Waals surface area contributed by atoms with Crippen LogP contribution in [0.25, 0.3) is 11.1 Å². The van der Waals surface area contributed by atoms with E-state index in [4.69, 9.17) is 0 Å². The number of nitrogens with zero attached hydrogens (tertiary/aromatic N) is 2. The van der Waals surface area contributed by atoms with Gasteiger partial charge in [0.15, 0.2) is 0 Å². The van der Waals surface area contributed by atoms with Crippen LogP contribution in [0.1, 0.15) is 11.1 Å². The molecule has 1 aliphatic rings. The van der Waals surface area contributed by atoms with Gasteiger partial charge in [-0.3, -0.25) is 9.29 Å². The molecule has 0 unspecified atom stereocenters. The number of benzene rings is 2. The van der Waals surface area contributed by atoms with Crippen molar-refractivity contribution in [3.05, 3.63) is 83.9 Å². The zero-order valence-corrected chi connectivity index (χ0v) is 14.8. The summed E-state index contributed by atoms with van der Waals surface area (Å²) in [5, 5.41) is 0. The second-order valence-corrected chi connectivity index (χ2v) is 8.18. The summed E-state index contributed by atoms with van der Waals surface area (Å²) in [7, 11) is -3.56. The van der Waals surface area contributed by atoms with Crippen LogP contribution >= 0.6 is 0 Å². The molecule has 0 saturated carbocycles. The molecular weight excluding hydrogens is 351 g/mol. The highest BCUT2D eigenvalue weighted by molar-refractivity contribution is 7.92. The topological polar surface area (TPSA) is 50.3 Å². The molecular formula is C20H17FN2O2S. The normalized spacial score (nSPS) is 13.7. The van der Waals surface area contributed by atoms with Crippen molar-refractivity contribution < 1.29 is 12.8 Å². The Kier molecular flexibility index (Phi) is 4.20. The Balaban J connectivity index is 1.63. The van der Waals surface area contributed by atoms with Crippen LogP contribution in [-0.2, 0) is 22.2 Å². The van der Waals surface area contributed by atoms with Crippen LogP contribution in [0.4, 0.5) is 10.1 Å². The summed E-state index contributed by atoms with van der Waals surface area (Å²) >= 11 is 0. The number of anilines is 1. The van der Waals surface area contributed by atoms with Crippen molar-refractivity contribution in [3.8, 4) is 11.1 Å². The highest BCUT2D eigenvalue weighted by Gasteiger charge is 2.29. The van der Waals surface area contributed by atoms with Gasteiger partial charge in [-0.15, -0.1) is 0 Å². The van der Waals surface area contributed by atoms with Crippen LogP contribution in [0.15, 0.2) is 67.0 Å². The molecule has 4 rings (SSSR count). The summed E-state index contributed by atoms with van der Waals surface area (Å²) in [6.45, 7) is 0.410. The van der Waals surface area contributed by atoms with Gasteiger partial charge in [0, 0.05) is 18.9 Å². The Morgan fingerprint density at radius 2 is 1.81 bits per heavy atom. The van der Waals surface area contributed by atoms with Crippen LogP contribution in [0, 0.1) is 5.82 Å². The highest BCUT2D eigenvalue weighted by atomic mass is 32.2. The average Bonchev–Trinajstić information content (AvgIpc) is 3.06. The smallest absolute Gasteiger partial charge is 0.239 e. The van der Waals surface area contributed by atoms with Gasteiger partial charge < -0.3 is 0 Å². The molecule has 3 aromatic rings. The average molecular weight is 368 g/mol. The summed E-state index contributed by atoms with van der Waals surface area (Å²) < 4.78 is 40.4. The second kappa shape index (κ2) is 6.53. The third-order valence-corrected chi connectivity index (χ3v) is 6.27. The summed E-state index contributed by atoms with van der Waals surface area (Å²) in [4.78, 5) is 4.02. The van der Waals surface area contributed by atoms with Crippen LogP contribution < -0.4 is 4.31 Å². The standard InChI is InChI=1S/C20H17FN2O2S/c21-19-3-1-2-15(12-19)14-26(24,25)23-11-8-18-13-17(4-5-20(18)23)16-6-9-22-10-7-16/h1-7,9-10,12-13H,8,11,14H2. The molecule has 0 radical (unpaired) electrons. The van der Waals surface area contributed by atoms with Gasteiger partial charge in [0.05, 0.1) is 11.4 Å². The lowest BCUT2D eigenvalue weighted by Crippen LogP contribution is -2.30. The van der Waals surface area contributed by atoms with Crippen molar-refractivity contribution in [1.29, 1.82) is 0 Å². The van der Waals surface area contributed by atoms with E-state index in [0.29, 0.717) is 24.2 Å². The number of halogens is 1. The zero-order chi connectivity index (χ0) is 18.1. The molecule has 132 valence electrons. The summed E-state index contributed by atoms with van der Waals surface area (Å²) in [6, 6.07) is 15.4.